The van der Waals surface area contributed by atoms with Crippen molar-refractivity contribution in [3.8, 4) is 22.6 Å². The summed E-state index contributed by atoms with van der Waals surface area (Å²) in [4.78, 5) is 33.1. The Bertz CT molecular complexity index is 1950. The lowest BCUT2D eigenvalue weighted by Gasteiger charge is -2.17. The molecule has 0 aliphatic carbocycles. The summed E-state index contributed by atoms with van der Waals surface area (Å²) in [6.45, 7) is 0.624. The normalized spacial score (nSPS) is 11.3. The quantitative estimate of drug-likeness (QED) is 0.169. The van der Waals surface area contributed by atoms with Gasteiger partial charge in [-0.15, -0.1) is 0 Å². The maximum absolute atomic E-state index is 15.6. The number of carbonyl (C=O) groups is 1. The van der Waals surface area contributed by atoms with Gasteiger partial charge in [-0.2, -0.15) is 0 Å². The van der Waals surface area contributed by atoms with Crippen LogP contribution in [0.2, 0.25) is 0 Å². The highest BCUT2D eigenvalue weighted by Gasteiger charge is 2.25. The van der Waals surface area contributed by atoms with E-state index in [2.05, 4.69) is 15.6 Å². The van der Waals surface area contributed by atoms with Crippen molar-refractivity contribution < 1.29 is 23.0 Å². The molecule has 0 unspecified atom stereocenters. The summed E-state index contributed by atoms with van der Waals surface area (Å²) < 4.78 is 42.9. The maximum atomic E-state index is 15.6. The zero-order valence-corrected chi connectivity index (χ0v) is 25.8. The fraction of sp³-hybridized carbons (Fsp3) is 0.171. The second kappa shape index (κ2) is 14.0. The number of rotatable bonds is 11. The van der Waals surface area contributed by atoms with Crippen LogP contribution in [0.1, 0.15) is 5.56 Å². The van der Waals surface area contributed by atoms with Gasteiger partial charge in [-0.1, -0.05) is 36.4 Å². The third-order valence-electron chi connectivity index (χ3n) is 7.14. The Morgan fingerprint density at radius 1 is 0.935 bits per heavy atom. The monoisotopic (exact) mass is 625 g/mol. The number of ether oxygens (including phenoxy) is 2. The molecule has 0 saturated heterocycles. The molecular weight excluding hydrogens is 592 g/mol. The summed E-state index contributed by atoms with van der Waals surface area (Å²) in [6, 6.07) is 20.6. The van der Waals surface area contributed by atoms with Crippen LogP contribution in [0.15, 0.2) is 95.9 Å². The molecule has 1 amide bonds. The molecule has 2 aromatic heterocycles. The highest BCUT2D eigenvalue weighted by molar-refractivity contribution is 5.99. The Hall–Kier alpha value is -5.55. The first-order chi connectivity index (χ1) is 22.2. The number of hydrogen-bond donors (Lipinski definition) is 2. The molecule has 2 heterocycles. The summed E-state index contributed by atoms with van der Waals surface area (Å²) in [7, 11) is 6.29. The average Bonchev–Trinajstić information content (AvgIpc) is 3.04. The van der Waals surface area contributed by atoms with E-state index in [4.69, 9.17) is 9.47 Å². The SMILES string of the molecule is COc1cc(OC)c(F)c(-c2cc3cnc(Nc4ccccc4)cc3n(Cc3cccc(NC(=O)/C=C/CN(C)C)c3)c2=O)c1F. The number of benzene rings is 3. The minimum absolute atomic E-state index is 0.0164. The molecule has 0 radical (unpaired) electrons. The van der Waals surface area contributed by atoms with Gasteiger partial charge in [0.05, 0.1) is 37.4 Å². The van der Waals surface area contributed by atoms with Crippen molar-refractivity contribution in [1.29, 1.82) is 0 Å². The van der Waals surface area contributed by atoms with Gasteiger partial charge in [-0.05, 0) is 50.0 Å². The number of fused-ring (bicyclic) bond motifs is 1. The summed E-state index contributed by atoms with van der Waals surface area (Å²) in [5.74, 6) is -2.46. The lowest BCUT2D eigenvalue weighted by Crippen LogP contribution is -2.24. The number of para-hydroxylation sites is 1. The number of halogens is 2. The van der Waals surface area contributed by atoms with Gasteiger partial charge in [0.15, 0.2) is 23.1 Å². The molecule has 236 valence electrons. The summed E-state index contributed by atoms with van der Waals surface area (Å²) in [5.41, 5.74) is 0.977. The molecule has 2 N–H and O–H groups in total. The lowest BCUT2D eigenvalue weighted by molar-refractivity contribution is -0.111. The van der Waals surface area contributed by atoms with E-state index in [9.17, 15) is 9.59 Å². The zero-order chi connectivity index (χ0) is 32.8. The van der Waals surface area contributed by atoms with Crippen molar-refractivity contribution in [2.24, 2.45) is 0 Å². The van der Waals surface area contributed by atoms with Gasteiger partial charge in [0, 0.05) is 47.7 Å². The number of anilines is 3. The van der Waals surface area contributed by atoms with Gasteiger partial charge in [-0.3, -0.25) is 9.59 Å². The number of carbonyl (C=O) groups excluding carboxylic acids is 1. The molecule has 0 aliphatic rings. The largest absolute Gasteiger partial charge is 0.494 e. The van der Waals surface area contributed by atoms with Crippen LogP contribution in [0.4, 0.5) is 26.0 Å². The third kappa shape index (κ3) is 7.05. The molecule has 0 fully saturated rings. The van der Waals surface area contributed by atoms with E-state index in [0.717, 1.165) is 11.8 Å². The Morgan fingerprint density at radius 2 is 1.63 bits per heavy atom. The lowest BCUT2D eigenvalue weighted by atomic mass is 10.0. The van der Waals surface area contributed by atoms with E-state index in [1.807, 2.05) is 49.3 Å². The average molecular weight is 626 g/mol. The van der Waals surface area contributed by atoms with Crippen LogP contribution >= 0.6 is 0 Å². The van der Waals surface area contributed by atoms with Gasteiger partial charge < -0.3 is 29.6 Å². The van der Waals surface area contributed by atoms with Crippen LogP contribution in [0.25, 0.3) is 22.0 Å². The number of nitrogens with zero attached hydrogens (tertiary/aromatic N) is 3. The molecule has 3 aromatic carbocycles. The van der Waals surface area contributed by atoms with Gasteiger partial charge in [0.1, 0.15) is 5.82 Å². The molecule has 0 saturated carbocycles. The van der Waals surface area contributed by atoms with Crippen LogP contribution in [0.3, 0.4) is 0 Å². The predicted octanol–water partition coefficient (Wildman–Crippen LogP) is 6.21. The first kappa shape index (κ1) is 31.9. The molecule has 9 nitrogen and oxygen atoms in total. The van der Waals surface area contributed by atoms with Crippen LogP contribution in [0.5, 0.6) is 11.5 Å². The van der Waals surface area contributed by atoms with Gasteiger partial charge in [-0.25, -0.2) is 13.8 Å². The number of methoxy groups -OCH3 is 2. The summed E-state index contributed by atoms with van der Waals surface area (Å²) in [6.07, 6.45) is 4.73. The van der Waals surface area contributed by atoms with Crippen molar-refractivity contribution >= 4 is 34.0 Å². The standard InChI is InChI=1S/C35H33F2N5O4/c1-41(2)15-9-14-31(43)40-25-13-8-10-22(16-25)21-42-27-18-30(39-24-11-6-5-7-12-24)38-20-23(27)17-26(35(42)44)32-33(36)28(45-3)19-29(46-4)34(32)37/h5-14,16-20H,15,21H2,1-4H3,(H,38,39)(H,40,43)/b14-9+. The number of aromatic nitrogens is 2. The topological polar surface area (TPSA) is 97.7 Å². The van der Waals surface area contributed by atoms with Crippen LogP contribution < -0.4 is 25.7 Å². The number of likely N-dealkylation sites (N-methyl/N-ethyl adjacent to an activating group) is 1. The molecule has 11 heteroatoms. The predicted molar refractivity (Wildman–Crippen MR) is 176 cm³/mol. The van der Waals surface area contributed by atoms with Gasteiger partial charge in [0.25, 0.3) is 5.56 Å². The van der Waals surface area contributed by atoms with Crippen molar-refractivity contribution in [3.63, 3.8) is 0 Å². The fourth-order valence-electron chi connectivity index (χ4n) is 4.95. The van der Waals surface area contributed by atoms with Crippen LogP contribution in [-0.2, 0) is 11.3 Å². The molecule has 0 aliphatic heterocycles. The minimum Gasteiger partial charge on any atom is -0.494 e. The second-order valence-electron chi connectivity index (χ2n) is 10.7. The fourth-order valence-corrected chi connectivity index (χ4v) is 4.95. The van der Waals surface area contributed by atoms with Crippen molar-refractivity contribution in [2.45, 2.75) is 6.54 Å². The third-order valence-corrected chi connectivity index (χ3v) is 7.14. The number of pyridine rings is 2. The van der Waals surface area contributed by atoms with E-state index >= 15 is 8.78 Å². The Labute approximate surface area is 264 Å². The van der Waals surface area contributed by atoms with E-state index in [1.54, 1.807) is 36.4 Å². The molecule has 0 atom stereocenters. The van der Waals surface area contributed by atoms with E-state index in [0.29, 0.717) is 34.5 Å². The van der Waals surface area contributed by atoms with E-state index in [-0.39, 0.29) is 29.5 Å². The minimum atomic E-state index is -1.04. The Morgan fingerprint density at radius 3 is 2.30 bits per heavy atom. The Kier molecular flexibility index (Phi) is 9.73. The van der Waals surface area contributed by atoms with Crippen molar-refractivity contribution in [1.82, 2.24) is 14.5 Å². The maximum Gasteiger partial charge on any atom is 0.259 e. The zero-order valence-electron chi connectivity index (χ0n) is 25.8. The smallest absolute Gasteiger partial charge is 0.259 e. The first-order valence-electron chi connectivity index (χ1n) is 14.4. The molecule has 0 bridgehead atoms. The Balaban J connectivity index is 1.63. The van der Waals surface area contributed by atoms with Crippen molar-refractivity contribution in [2.75, 3.05) is 45.5 Å². The molecule has 0 spiro atoms. The first-order valence-corrected chi connectivity index (χ1v) is 14.4. The molecule has 5 rings (SSSR count). The van der Waals surface area contributed by atoms with E-state index in [1.165, 1.54) is 37.1 Å². The summed E-state index contributed by atoms with van der Waals surface area (Å²) in [5, 5.41) is 6.51. The van der Waals surface area contributed by atoms with Crippen LogP contribution in [0, 0.1) is 11.6 Å². The molecule has 46 heavy (non-hydrogen) atoms. The highest BCUT2D eigenvalue weighted by Crippen LogP contribution is 2.37. The summed E-state index contributed by atoms with van der Waals surface area (Å²) >= 11 is 0. The second-order valence-corrected chi connectivity index (χ2v) is 10.7. The van der Waals surface area contributed by atoms with Gasteiger partial charge in [0.2, 0.25) is 5.91 Å². The molecular formula is C35H33F2N5O4. The number of amides is 1. The number of nitrogens with one attached hydrogen (secondary N) is 2. The van der Waals surface area contributed by atoms with Crippen molar-refractivity contribution in [3.05, 3.63) is 119 Å². The molecule has 5 aromatic rings. The van der Waals surface area contributed by atoms with Crippen LogP contribution in [-0.4, -0.2) is 55.2 Å². The van der Waals surface area contributed by atoms with Gasteiger partial charge >= 0.3 is 0 Å². The highest BCUT2D eigenvalue weighted by atomic mass is 19.1. The van der Waals surface area contributed by atoms with E-state index < -0.39 is 22.8 Å². The number of hydrogen-bond acceptors (Lipinski definition) is 7.